The van der Waals surface area contributed by atoms with Gasteiger partial charge in [-0.15, -0.1) is 0 Å². The topological polar surface area (TPSA) is 95.7 Å². The van der Waals surface area contributed by atoms with Gasteiger partial charge in [0.1, 0.15) is 6.61 Å². The van der Waals surface area contributed by atoms with E-state index in [0.717, 1.165) is 0 Å². The summed E-state index contributed by atoms with van der Waals surface area (Å²) in [6.45, 7) is 1.52. The average molecular weight is 329 g/mol. The number of nitro benzene ring substituents is 1. The van der Waals surface area contributed by atoms with E-state index < -0.39 is 16.9 Å². The summed E-state index contributed by atoms with van der Waals surface area (Å²) >= 11 is 0. The molecule has 0 heterocycles. The Morgan fingerprint density at radius 1 is 1.08 bits per heavy atom. The first-order chi connectivity index (χ1) is 11.4. The quantitative estimate of drug-likeness (QED) is 0.475. The molecule has 0 unspecified atom stereocenters. The molecule has 0 radical (unpaired) electrons. The van der Waals surface area contributed by atoms with E-state index in [-0.39, 0.29) is 17.9 Å². The highest BCUT2D eigenvalue weighted by molar-refractivity contribution is 5.90. The summed E-state index contributed by atoms with van der Waals surface area (Å²) in [4.78, 5) is 33.8. The molecule has 0 aromatic heterocycles. The predicted molar refractivity (Wildman–Crippen MR) is 84.7 cm³/mol. The van der Waals surface area contributed by atoms with Gasteiger partial charge in [0.2, 0.25) is 0 Å². The zero-order chi connectivity index (χ0) is 17.7. The second-order valence-electron chi connectivity index (χ2n) is 5.03. The Morgan fingerprint density at radius 2 is 1.79 bits per heavy atom. The highest BCUT2D eigenvalue weighted by Crippen LogP contribution is 2.19. The number of aryl methyl sites for hydroxylation is 1. The molecule has 0 fully saturated rings. The van der Waals surface area contributed by atoms with Crippen molar-refractivity contribution in [3.8, 4) is 0 Å². The Bertz CT molecular complexity index is 799. The molecule has 0 aliphatic heterocycles. The van der Waals surface area contributed by atoms with E-state index in [1.165, 1.54) is 25.3 Å². The van der Waals surface area contributed by atoms with Crippen molar-refractivity contribution in [2.45, 2.75) is 13.5 Å². The lowest BCUT2D eigenvalue weighted by atomic mass is 10.1. The molecule has 0 spiro atoms. The van der Waals surface area contributed by atoms with Crippen LogP contribution < -0.4 is 0 Å². The van der Waals surface area contributed by atoms with Gasteiger partial charge in [-0.25, -0.2) is 9.59 Å². The zero-order valence-corrected chi connectivity index (χ0v) is 13.1. The lowest BCUT2D eigenvalue weighted by molar-refractivity contribution is -0.385. The second-order valence-corrected chi connectivity index (χ2v) is 5.03. The molecular weight excluding hydrogens is 314 g/mol. The van der Waals surface area contributed by atoms with Crippen LogP contribution in [0.2, 0.25) is 0 Å². The van der Waals surface area contributed by atoms with Crippen molar-refractivity contribution in [2.24, 2.45) is 0 Å². The normalized spacial score (nSPS) is 10.1. The first-order valence-corrected chi connectivity index (χ1v) is 7.02. The minimum Gasteiger partial charge on any atom is -0.465 e. The zero-order valence-electron chi connectivity index (χ0n) is 13.1. The molecule has 2 aromatic rings. The maximum absolute atomic E-state index is 12.0. The summed E-state index contributed by atoms with van der Waals surface area (Å²) in [6, 6.07) is 10.6. The smallest absolute Gasteiger partial charge is 0.338 e. The third kappa shape index (κ3) is 3.95. The minimum absolute atomic E-state index is 0.0281. The van der Waals surface area contributed by atoms with Gasteiger partial charge in [0, 0.05) is 11.6 Å². The third-order valence-corrected chi connectivity index (χ3v) is 3.35. The molecule has 0 amide bonds. The van der Waals surface area contributed by atoms with Crippen LogP contribution in [-0.2, 0) is 16.1 Å². The maximum Gasteiger partial charge on any atom is 0.338 e. The average Bonchev–Trinajstić information content (AvgIpc) is 2.58. The van der Waals surface area contributed by atoms with E-state index in [4.69, 9.17) is 4.74 Å². The van der Waals surface area contributed by atoms with Gasteiger partial charge in [-0.05, 0) is 36.8 Å². The molecule has 7 heteroatoms. The van der Waals surface area contributed by atoms with Crippen LogP contribution in [0.5, 0.6) is 0 Å². The Hall–Kier alpha value is -3.22. The van der Waals surface area contributed by atoms with Crippen molar-refractivity contribution < 1.29 is 24.0 Å². The second kappa shape index (κ2) is 7.36. The summed E-state index contributed by atoms with van der Waals surface area (Å²) in [5.41, 5.74) is 1.53. The lowest BCUT2D eigenvalue weighted by Crippen LogP contribution is -2.07. The highest BCUT2D eigenvalue weighted by atomic mass is 16.6. The summed E-state index contributed by atoms with van der Waals surface area (Å²) in [6.07, 6.45) is 0. The molecule has 0 saturated heterocycles. The first kappa shape index (κ1) is 17.1. The van der Waals surface area contributed by atoms with E-state index in [1.54, 1.807) is 31.2 Å². The largest absolute Gasteiger partial charge is 0.465 e. The number of ether oxygens (including phenoxy) is 2. The van der Waals surface area contributed by atoms with Gasteiger partial charge in [-0.1, -0.05) is 12.1 Å². The molecule has 7 nitrogen and oxygen atoms in total. The molecule has 0 aliphatic rings. The molecule has 2 rings (SSSR count). The van der Waals surface area contributed by atoms with Crippen molar-refractivity contribution in [2.75, 3.05) is 7.11 Å². The molecule has 0 N–H and O–H groups in total. The summed E-state index contributed by atoms with van der Waals surface area (Å²) in [5.74, 6) is -1.08. The number of nitro groups is 1. The minimum atomic E-state index is -0.600. The van der Waals surface area contributed by atoms with Crippen LogP contribution in [0, 0.1) is 17.0 Å². The number of hydrogen-bond acceptors (Lipinski definition) is 6. The van der Waals surface area contributed by atoms with Crippen molar-refractivity contribution in [3.05, 3.63) is 74.8 Å². The fourth-order valence-corrected chi connectivity index (χ4v) is 2.13. The number of carbonyl (C=O) groups is 2. The summed E-state index contributed by atoms with van der Waals surface area (Å²) in [7, 11) is 1.28. The van der Waals surface area contributed by atoms with Crippen molar-refractivity contribution >= 4 is 17.6 Å². The Labute approximate surface area is 138 Å². The van der Waals surface area contributed by atoms with Gasteiger partial charge in [0.25, 0.3) is 5.69 Å². The number of methoxy groups -OCH3 is 1. The third-order valence-electron chi connectivity index (χ3n) is 3.35. The van der Waals surface area contributed by atoms with Crippen LogP contribution in [0.4, 0.5) is 5.69 Å². The van der Waals surface area contributed by atoms with Gasteiger partial charge in [-0.2, -0.15) is 0 Å². The number of hydrogen-bond donors (Lipinski definition) is 0. The van der Waals surface area contributed by atoms with Crippen LogP contribution in [0.1, 0.15) is 31.8 Å². The van der Waals surface area contributed by atoms with Gasteiger partial charge in [-0.3, -0.25) is 10.1 Å². The molecular formula is C17H15NO6. The van der Waals surface area contributed by atoms with Crippen LogP contribution >= 0.6 is 0 Å². The predicted octanol–water partition coefficient (Wildman–Crippen LogP) is 3.05. The van der Waals surface area contributed by atoms with Crippen LogP contribution in [0.3, 0.4) is 0 Å². The molecule has 0 aliphatic carbocycles. The highest BCUT2D eigenvalue weighted by Gasteiger charge is 2.15. The number of rotatable bonds is 5. The SMILES string of the molecule is COC(=O)c1cccc(COC(=O)c2ccc([N+](=O)[O-])c(C)c2)c1. The Morgan fingerprint density at radius 3 is 2.42 bits per heavy atom. The van der Waals surface area contributed by atoms with Crippen LogP contribution in [-0.4, -0.2) is 24.0 Å². The van der Waals surface area contributed by atoms with E-state index >= 15 is 0 Å². The number of carbonyl (C=O) groups excluding carboxylic acids is 2. The number of nitrogens with zero attached hydrogens (tertiary/aromatic N) is 1. The molecule has 24 heavy (non-hydrogen) atoms. The molecule has 0 saturated carbocycles. The van der Waals surface area contributed by atoms with Crippen molar-refractivity contribution in [1.29, 1.82) is 0 Å². The maximum atomic E-state index is 12.0. The molecule has 124 valence electrons. The number of benzene rings is 2. The monoisotopic (exact) mass is 329 g/mol. The lowest BCUT2D eigenvalue weighted by Gasteiger charge is -2.07. The van der Waals surface area contributed by atoms with Gasteiger partial charge in [0.15, 0.2) is 0 Å². The van der Waals surface area contributed by atoms with E-state index in [1.807, 2.05) is 0 Å². The fraction of sp³-hybridized carbons (Fsp3) is 0.176. The molecule has 2 aromatic carbocycles. The van der Waals surface area contributed by atoms with Gasteiger partial charge < -0.3 is 9.47 Å². The van der Waals surface area contributed by atoms with Crippen molar-refractivity contribution in [3.63, 3.8) is 0 Å². The first-order valence-electron chi connectivity index (χ1n) is 7.02. The van der Waals surface area contributed by atoms with Crippen LogP contribution in [0.25, 0.3) is 0 Å². The Kier molecular flexibility index (Phi) is 5.26. The Balaban J connectivity index is 2.07. The number of esters is 2. The van der Waals surface area contributed by atoms with Gasteiger partial charge in [0.05, 0.1) is 23.2 Å². The summed E-state index contributed by atoms with van der Waals surface area (Å²) in [5, 5.41) is 10.8. The van der Waals surface area contributed by atoms with Crippen molar-refractivity contribution in [1.82, 2.24) is 0 Å². The van der Waals surface area contributed by atoms with E-state index in [2.05, 4.69) is 4.74 Å². The van der Waals surface area contributed by atoms with E-state index in [0.29, 0.717) is 16.7 Å². The fourth-order valence-electron chi connectivity index (χ4n) is 2.13. The standard InChI is InChI=1S/C17H15NO6/c1-11-8-14(6-7-15(11)18(21)22)17(20)24-10-12-4-3-5-13(9-12)16(19)23-2/h3-9H,10H2,1-2H3. The molecule has 0 bridgehead atoms. The van der Waals surface area contributed by atoms with E-state index in [9.17, 15) is 19.7 Å². The van der Waals surface area contributed by atoms with Crippen LogP contribution in [0.15, 0.2) is 42.5 Å². The summed E-state index contributed by atoms with van der Waals surface area (Å²) < 4.78 is 9.81. The van der Waals surface area contributed by atoms with Gasteiger partial charge >= 0.3 is 11.9 Å². The molecule has 0 atom stereocenters.